The number of hydrogen-bond donors (Lipinski definition) is 2. The summed E-state index contributed by atoms with van der Waals surface area (Å²) in [4.78, 5) is 0. The van der Waals surface area contributed by atoms with E-state index in [0.29, 0.717) is 30.1 Å². The third-order valence-corrected chi connectivity index (χ3v) is 12.6. The molecule has 0 spiro atoms. The van der Waals surface area contributed by atoms with Gasteiger partial charge in [-0.2, -0.15) is 22.0 Å². The minimum Gasteiger partial charge on any atom is -0.508 e. The van der Waals surface area contributed by atoms with Gasteiger partial charge in [-0.3, -0.25) is 4.21 Å². The van der Waals surface area contributed by atoms with Crippen molar-refractivity contribution in [3.8, 4) is 5.75 Å². The van der Waals surface area contributed by atoms with Gasteiger partial charge in [0.2, 0.25) is 0 Å². The molecule has 8 atom stereocenters. The molecule has 4 rings (SSSR count). The summed E-state index contributed by atoms with van der Waals surface area (Å²) in [7, 11) is -1.53. The zero-order valence-electron chi connectivity index (χ0n) is 24.1. The number of phenolic OH excluding ortho intramolecular Hbond substituents is 1. The molecular weight excluding hydrogens is 547 g/mol. The predicted molar refractivity (Wildman–Crippen MR) is 148 cm³/mol. The Hall–Kier alpha value is -1.22. The van der Waals surface area contributed by atoms with E-state index >= 15 is 0 Å². The summed E-state index contributed by atoms with van der Waals surface area (Å²) in [6.07, 6.45) is -0.436. The van der Waals surface area contributed by atoms with Crippen molar-refractivity contribution >= 4 is 10.8 Å². The lowest BCUT2D eigenvalue weighted by molar-refractivity contribution is -0.284. The summed E-state index contributed by atoms with van der Waals surface area (Å²) in [5.74, 6) is -2.75. The zero-order chi connectivity index (χ0) is 29.7. The van der Waals surface area contributed by atoms with Crippen molar-refractivity contribution in [2.75, 3.05) is 5.75 Å². The number of aliphatic hydroxyl groups is 1. The summed E-state index contributed by atoms with van der Waals surface area (Å²) in [6.45, 7) is 7.97. The van der Waals surface area contributed by atoms with Crippen LogP contribution < -0.4 is 0 Å². The molecule has 9 heteroatoms. The average Bonchev–Trinajstić information content (AvgIpc) is 3.15. The molecule has 0 radical (unpaired) electrons. The Morgan fingerprint density at radius 3 is 2.50 bits per heavy atom. The van der Waals surface area contributed by atoms with Crippen LogP contribution in [0.2, 0.25) is 0 Å². The molecule has 0 saturated heterocycles. The van der Waals surface area contributed by atoms with Crippen LogP contribution in [0.1, 0.15) is 103 Å². The first-order valence-electron chi connectivity index (χ1n) is 14.8. The van der Waals surface area contributed by atoms with E-state index in [-0.39, 0.29) is 28.9 Å². The predicted octanol–water partition coefficient (Wildman–Crippen LogP) is 8.15. The normalized spacial score (nSPS) is 32.2. The Balaban J connectivity index is 1.40. The number of alkyl halides is 5. The van der Waals surface area contributed by atoms with Gasteiger partial charge in [0.05, 0.1) is 6.10 Å². The summed E-state index contributed by atoms with van der Waals surface area (Å²) in [5.41, 5.74) is 2.47. The Bertz CT molecular complexity index is 1070. The van der Waals surface area contributed by atoms with Gasteiger partial charge in [0.25, 0.3) is 0 Å². The summed E-state index contributed by atoms with van der Waals surface area (Å²) in [5, 5.41) is 21.1. The highest BCUT2D eigenvalue weighted by Gasteiger charge is 2.57. The number of fused-ring (bicyclic) bond motifs is 5. The second-order valence-electron chi connectivity index (χ2n) is 13.8. The maximum absolute atomic E-state index is 13.3. The maximum Gasteiger partial charge on any atom is 0.453 e. The molecule has 0 aliphatic heterocycles. The van der Waals surface area contributed by atoms with Gasteiger partial charge in [0.1, 0.15) is 5.75 Å². The Labute approximate surface area is 237 Å². The van der Waals surface area contributed by atoms with Crippen LogP contribution in [0.15, 0.2) is 18.2 Å². The number of aliphatic hydroxyl groups excluding tert-OH is 1. The van der Waals surface area contributed by atoms with Gasteiger partial charge in [-0.25, -0.2) is 0 Å². The fourth-order valence-electron chi connectivity index (χ4n) is 8.41. The minimum absolute atomic E-state index is 0.0682. The zero-order valence-corrected chi connectivity index (χ0v) is 24.9. The number of phenols is 1. The molecule has 2 N–H and O–H groups in total. The molecule has 2 saturated carbocycles. The van der Waals surface area contributed by atoms with Gasteiger partial charge >= 0.3 is 12.1 Å². The standard InChI is InChI=1S/C31H45F5O3S/c1-19(18-28(2,3)40(39)15-5-13-30(32,33)31(34,35)36)6-7-20-16-21-17-22(37)8-9-23(21)24-12-14-29(4)25(27(20)24)10-11-26(29)38/h8-9,17,19-20,24-27,37-38H,5-7,10-16,18H2,1-4H3. The molecule has 0 bridgehead atoms. The fraction of sp³-hybridized carbons (Fsp3) is 0.806. The summed E-state index contributed by atoms with van der Waals surface area (Å²) in [6, 6.07) is 5.76. The van der Waals surface area contributed by atoms with Crippen molar-refractivity contribution in [3.05, 3.63) is 29.3 Å². The molecule has 0 heterocycles. The molecule has 3 nitrogen and oxygen atoms in total. The maximum atomic E-state index is 13.3. The van der Waals surface area contributed by atoms with Crippen molar-refractivity contribution < 1.29 is 36.4 Å². The van der Waals surface area contributed by atoms with Crippen LogP contribution in [0.4, 0.5) is 22.0 Å². The van der Waals surface area contributed by atoms with Crippen LogP contribution >= 0.6 is 0 Å². The summed E-state index contributed by atoms with van der Waals surface area (Å²) >= 11 is 0. The highest BCUT2D eigenvalue weighted by atomic mass is 32.2. The second-order valence-corrected chi connectivity index (χ2v) is 16.0. The lowest BCUT2D eigenvalue weighted by Gasteiger charge is -2.53. The largest absolute Gasteiger partial charge is 0.508 e. The molecule has 228 valence electrons. The van der Waals surface area contributed by atoms with E-state index in [2.05, 4.69) is 19.9 Å². The molecule has 40 heavy (non-hydrogen) atoms. The van der Waals surface area contributed by atoms with Gasteiger partial charge in [0.15, 0.2) is 0 Å². The molecule has 1 aromatic carbocycles. The molecule has 0 amide bonds. The van der Waals surface area contributed by atoms with E-state index < -0.39 is 40.5 Å². The van der Waals surface area contributed by atoms with E-state index in [1.807, 2.05) is 19.9 Å². The minimum atomic E-state index is -5.58. The Morgan fingerprint density at radius 1 is 1.12 bits per heavy atom. The molecule has 3 aliphatic carbocycles. The summed E-state index contributed by atoms with van der Waals surface area (Å²) < 4.78 is 76.2. The van der Waals surface area contributed by atoms with Gasteiger partial charge in [-0.05, 0) is 123 Å². The first-order valence-corrected chi connectivity index (χ1v) is 16.1. The first-order chi connectivity index (χ1) is 18.5. The average molecular weight is 593 g/mol. The molecule has 1 aromatic rings. The van der Waals surface area contributed by atoms with Crippen LogP contribution in [-0.2, 0) is 17.2 Å². The van der Waals surface area contributed by atoms with Crippen LogP contribution in [0.25, 0.3) is 0 Å². The van der Waals surface area contributed by atoms with E-state index in [0.717, 1.165) is 44.9 Å². The fourth-order valence-corrected chi connectivity index (χ4v) is 9.84. The van der Waals surface area contributed by atoms with Crippen molar-refractivity contribution in [1.82, 2.24) is 0 Å². The van der Waals surface area contributed by atoms with Crippen LogP contribution in [0.5, 0.6) is 5.75 Å². The van der Waals surface area contributed by atoms with Crippen molar-refractivity contribution in [2.24, 2.45) is 29.1 Å². The van der Waals surface area contributed by atoms with Gasteiger partial charge in [-0.15, -0.1) is 0 Å². The molecular formula is C31H45F5O3S. The highest BCUT2D eigenvalue weighted by molar-refractivity contribution is 7.86. The molecule has 3 aliphatic rings. The van der Waals surface area contributed by atoms with Gasteiger partial charge < -0.3 is 10.2 Å². The van der Waals surface area contributed by atoms with Crippen molar-refractivity contribution in [2.45, 2.75) is 121 Å². The lowest BCUT2D eigenvalue weighted by atomic mass is 9.52. The van der Waals surface area contributed by atoms with E-state index in [1.54, 1.807) is 6.07 Å². The Kier molecular flexibility index (Phi) is 9.09. The SMILES string of the molecule is CC(CCC1Cc2cc(O)ccc2C2CCC3(C)C(O)CCC3C12)CC(C)(C)S(=O)CCCC(F)(F)C(F)(F)F. The van der Waals surface area contributed by atoms with Gasteiger partial charge in [0, 0.05) is 27.7 Å². The second kappa shape index (κ2) is 11.5. The molecule has 2 fully saturated rings. The smallest absolute Gasteiger partial charge is 0.453 e. The quantitative estimate of drug-likeness (QED) is 0.270. The molecule has 8 unspecified atom stereocenters. The van der Waals surface area contributed by atoms with Crippen molar-refractivity contribution in [1.29, 1.82) is 0 Å². The molecule has 0 aromatic heterocycles. The number of benzene rings is 1. The third-order valence-electron chi connectivity index (χ3n) is 10.6. The lowest BCUT2D eigenvalue weighted by Crippen LogP contribution is -2.47. The number of rotatable bonds is 10. The first kappa shape index (κ1) is 31.7. The monoisotopic (exact) mass is 592 g/mol. The number of hydrogen-bond acceptors (Lipinski definition) is 3. The van der Waals surface area contributed by atoms with E-state index in [1.165, 1.54) is 11.1 Å². The number of aromatic hydroxyl groups is 1. The van der Waals surface area contributed by atoms with Crippen LogP contribution in [-0.4, -0.2) is 43.1 Å². The third kappa shape index (κ3) is 6.25. The topological polar surface area (TPSA) is 57.5 Å². The number of halogens is 5. The van der Waals surface area contributed by atoms with Crippen LogP contribution in [0, 0.1) is 29.1 Å². The van der Waals surface area contributed by atoms with E-state index in [9.17, 15) is 36.4 Å². The van der Waals surface area contributed by atoms with Crippen molar-refractivity contribution in [3.63, 3.8) is 0 Å². The highest BCUT2D eigenvalue weighted by Crippen LogP contribution is 2.62. The van der Waals surface area contributed by atoms with E-state index in [4.69, 9.17) is 0 Å². The van der Waals surface area contributed by atoms with Crippen LogP contribution in [0.3, 0.4) is 0 Å². The van der Waals surface area contributed by atoms with Gasteiger partial charge in [-0.1, -0.05) is 26.3 Å². The Morgan fingerprint density at radius 2 is 1.82 bits per heavy atom.